The third kappa shape index (κ3) is 2.79. The van der Waals surface area contributed by atoms with Crippen molar-refractivity contribution >= 4 is 17.9 Å². The van der Waals surface area contributed by atoms with Crippen molar-refractivity contribution in [2.75, 3.05) is 0 Å². The van der Waals surface area contributed by atoms with E-state index in [-0.39, 0.29) is 5.02 Å². The summed E-state index contributed by atoms with van der Waals surface area (Å²) in [5.74, 6) is -0.489. The molecule has 0 aliphatic heterocycles. The van der Waals surface area contributed by atoms with E-state index in [0.717, 1.165) is 0 Å². The van der Waals surface area contributed by atoms with E-state index in [0.29, 0.717) is 18.3 Å². The standard InChI is InChI=1S/C9H9ClFNO/c10-8-2-1-6(4-9(8)11)3-7(12)5-13/h1-2,4-5,7H,3,12H2. The number of hydrogen-bond donors (Lipinski definition) is 1. The van der Waals surface area contributed by atoms with E-state index in [1.165, 1.54) is 12.1 Å². The Morgan fingerprint density at radius 3 is 2.85 bits per heavy atom. The average Bonchev–Trinajstić information content (AvgIpc) is 2.11. The van der Waals surface area contributed by atoms with Crippen LogP contribution in [0.25, 0.3) is 0 Å². The molecule has 2 nitrogen and oxygen atoms in total. The lowest BCUT2D eigenvalue weighted by Gasteiger charge is -2.04. The molecule has 0 radical (unpaired) electrons. The fourth-order valence-corrected chi connectivity index (χ4v) is 1.10. The number of rotatable bonds is 3. The molecule has 0 bridgehead atoms. The summed E-state index contributed by atoms with van der Waals surface area (Å²) in [6.45, 7) is 0. The number of halogens is 2. The second kappa shape index (κ2) is 4.35. The SMILES string of the molecule is NC(C=O)Cc1ccc(Cl)c(F)c1. The van der Waals surface area contributed by atoms with Gasteiger partial charge in [0.15, 0.2) is 0 Å². The fraction of sp³-hybridized carbons (Fsp3) is 0.222. The molecule has 4 heteroatoms. The van der Waals surface area contributed by atoms with Gasteiger partial charge in [0, 0.05) is 0 Å². The van der Waals surface area contributed by atoms with Crippen LogP contribution in [0.3, 0.4) is 0 Å². The zero-order valence-electron chi connectivity index (χ0n) is 6.84. The molecule has 0 saturated heterocycles. The largest absolute Gasteiger partial charge is 0.321 e. The van der Waals surface area contributed by atoms with Crippen LogP contribution in [0.4, 0.5) is 4.39 Å². The molecule has 0 aromatic heterocycles. The topological polar surface area (TPSA) is 43.1 Å². The smallest absolute Gasteiger partial charge is 0.142 e. The van der Waals surface area contributed by atoms with Crippen molar-refractivity contribution in [1.29, 1.82) is 0 Å². The molecule has 0 fully saturated rings. The first-order valence-electron chi connectivity index (χ1n) is 3.78. The predicted octanol–water partition coefficient (Wildman–Crippen LogP) is 1.55. The van der Waals surface area contributed by atoms with Gasteiger partial charge < -0.3 is 10.5 Å². The minimum atomic E-state index is -0.583. The first-order valence-corrected chi connectivity index (χ1v) is 4.16. The molecule has 0 heterocycles. The van der Waals surface area contributed by atoms with Crippen molar-refractivity contribution < 1.29 is 9.18 Å². The summed E-state index contributed by atoms with van der Waals surface area (Å²) in [5.41, 5.74) is 6.04. The van der Waals surface area contributed by atoms with Gasteiger partial charge in [-0.3, -0.25) is 0 Å². The second-order valence-electron chi connectivity index (χ2n) is 2.75. The first-order chi connectivity index (χ1) is 6.13. The van der Waals surface area contributed by atoms with E-state index in [1.807, 2.05) is 0 Å². The van der Waals surface area contributed by atoms with Crippen molar-refractivity contribution in [3.63, 3.8) is 0 Å². The summed E-state index contributed by atoms with van der Waals surface area (Å²) in [6.07, 6.45) is 0.962. The summed E-state index contributed by atoms with van der Waals surface area (Å²) in [5, 5.41) is 0.0726. The molecular formula is C9H9ClFNO. The number of aldehydes is 1. The molecule has 0 spiro atoms. The Morgan fingerprint density at radius 2 is 2.31 bits per heavy atom. The maximum atomic E-state index is 12.9. The van der Waals surface area contributed by atoms with Gasteiger partial charge >= 0.3 is 0 Å². The van der Waals surface area contributed by atoms with E-state index < -0.39 is 11.9 Å². The normalized spacial score (nSPS) is 12.5. The molecule has 1 unspecified atom stereocenters. The fourth-order valence-electron chi connectivity index (χ4n) is 0.987. The molecule has 1 aromatic rings. The molecule has 1 aromatic carbocycles. The average molecular weight is 202 g/mol. The Balaban J connectivity index is 2.79. The molecule has 1 rings (SSSR count). The van der Waals surface area contributed by atoms with Crippen molar-refractivity contribution in [3.8, 4) is 0 Å². The highest BCUT2D eigenvalue weighted by molar-refractivity contribution is 6.30. The molecule has 0 saturated carbocycles. The van der Waals surface area contributed by atoms with Crippen LogP contribution < -0.4 is 5.73 Å². The molecule has 70 valence electrons. The van der Waals surface area contributed by atoms with Crippen LogP contribution >= 0.6 is 11.6 Å². The number of carbonyl (C=O) groups is 1. The van der Waals surface area contributed by atoms with Gasteiger partial charge in [0.2, 0.25) is 0 Å². The molecule has 1 atom stereocenters. The molecule has 0 amide bonds. The summed E-state index contributed by atoms with van der Waals surface area (Å²) >= 11 is 5.48. The van der Waals surface area contributed by atoms with Crippen LogP contribution in [0.5, 0.6) is 0 Å². The molecular weight excluding hydrogens is 193 g/mol. The van der Waals surface area contributed by atoms with Crippen LogP contribution in [0, 0.1) is 5.82 Å². The van der Waals surface area contributed by atoms with E-state index >= 15 is 0 Å². The number of carbonyl (C=O) groups excluding carboxylic acids is 1. The minimum Gasteiger partial charge on any atom is -0.321 e. The lowest BCUT2D eigenvalue weighted by molar-refractivity contribution is -0.108. The van der Waals surface area contributed by atoms with Gasteiger partial charge in [0.05, 0.1) is 11.1 Å². The van der Waals surface area contributed by atoms with Gasteiger partial charge in [0.25, 0.3) is 0 Å². The number of nitrogens with two attached hydrogens (primary N) is 1. The Morgan fingerprint density at radius 1 is 1.62 bits per heavy atom. The number of hydrogen-bond acceptors (Lipinski definition) is 2. The maximum absolute atomic E-state index is 12.9. The summed E-state index contributed by atoms with van der Waals surface area (Å²) in [6, 6.07) is 3.80. The van der Waals surface area contributed by atoms with Gasteiger partial charge in [-0.2, -0.15) is 0 Å². The van der Waals surface area contributed by atoms with Gasteiger partial charge in [0.1, 0.15) is 12.1 Å². The van der Waals surface area contributed by atoms with Crippen molar-refractivity contribution in [1.82, 2.24) is 0 Å². The highest BCUT2D eigenvalue weighted by Gasteiger charge is 2.04. The van der Waals surface area contributed by atoms with Crippen molar-refractivity contribution in [2.24, 2.45) is 5.73 Å². The second-order valence-corrected chi connectivity index (χ2v) is 3.16. The minimum absolute atomic E-state index is 0.0726. The molecule has 0 aliphatic rings. The lowest BCUT2D eigenvalue weighted by atomic mass is 10.1. The first kappa shape index (κ1) is 10.2. The lowest BCUT2D eigenvalue weighted by Crippen LogP contribution is -2.24. The van der Waals surface area contributed by atoms with Gasteiger partial charge in [-0.25, -0.2) is 4.39 Å². The zero-order valence-corrected chi connectivity index (χ0v) is 7.59. The van der Waals surface area contributed by atoms with Gasteiger partial charge in [-0.05, 0) is 24.1 Å². The van der Waals surface area contributed by atoms with Crippen LogP contribution in [0.15, 0.2) is 18.2 Å². The third-order valence-electron chi connectivity index (χ3n) is 1.63. The van der Waals surface area contributed by atoms with E-state index in [4.69, 9.17) is 17.3 Å². The number of benzene rings is 1. The Labute approximate surface area is 80.5 Å². The highest BCUT2D eigenvalue weighted by atomic mass is 35.5. The summed E-state index contributed by atoms with van der Waals surface area (Å²) < 4.78 is 12.9. The molecule has 0 aliphatic carbocycles. The Kier molecular flexibility index (Phi) is 3.39. The Bertz CT molecular complexity index is 316. The Hall–Kier alpha value is -0.930. The van der Waals surface area contributed by atoms with E-state index in [1.54, 1.807) is 6.07 Å². The van der Waals surface area contributed by atoms with Crippen molar-refractivity contribution in [2.45, 2.75) is 12.5 Å². The zero-order chi connectivity index (χ0) is 9.84. The van der Waals surface area contributed by atoms with Crippen molar-refractivity contribution in [3.05, 3.63) is 34.6 Å². The highest BCUT2D eigenvalue weighted by Crippen LogP contribution is 2.15. The predicted molar refractivity (Wildman–Crippen MR) is 49.2 cm³/mol. The third-order valence-corrected chi connectivity index (χ3v) is 1.94. The molecule has 2 N–H and O–H groups in total. The monoisotopic (exact) mass is 201 g/mol. The van der Waals surface area contributed by atoms with E-state index in [9.17, 15) is 9.18 Å². The summed E-state index contributed by atoms with van der Waals surface area (Å²) in [7, 11) is 0. The summed E-state index contributed by atoms with van der Waals surface area (Å²) in [4.78, 5) is 10.2. The van der Waals surface area contributed by atoms with Crippen LogP contribution in [-0.4, -0.2) is 12.3 Å². The van der Waals surface area contributed by atoms with Gasteiger partial charge in [-0.15, -0.1) is 0 Å². The van der Waals surface area contributed by atoms with E-state index in [2.05, 4.69) is 0 Å². The quantitative estimate of drug-likeness (QED) is 0.754. The van der Waals surface area contributed by atoms with Crippen LogP contribution in [0.2, 0.25) is 5.02 Å². The van der Waals surface area contributed by atoms with Crippen LogP contribution in [0.1, 0.15) is 5.56 Å². The molecule has 13 heavy (non-hydrogen) atoms. The van der Waals surface area contributed by atoms with Crippen LogP contribution in [-0.2, 0) is 11.2 Å². The van der Waals surface area contributed by atoms with Gasteiger partial charge in [-0.1, -0.05) is 17.7 Å². The maximum Gasteiger partial charge on any atom is 0.142 e.